The summed E-state index contributed by atoms with van der Waals surface area (Å²) in [6.45, 7) is 5.11. The summed E-state index contributed by atoms with van der Waals surface area (Å²) in [5.74, 6) is 0. The van der Waals surface area contributed by atoms with E-state index in [9.17, 15) is 0 Å². The third kappa shape index (κ3) is 2.63. The molecular formula is C11H15Cl2N. The second kappa shape index (κ2) is 5.59. The zero-order valence-corrected chi connectivity index (χ0v) is 9.99. The summed E-state index contributed by atoms with van der Waals surface area (Å²) in [5, 5.41) is 4.84. The molecule has 1 unspecified atom stereocenters. The Bertz CT molecular complexity index is 279. The van der Waals surface area contributed by atoms with Gasteiger partial charge >= 0.3 is 0 Å². The molecule has 14 heavy (non-hydrogen) atoms. The second-order valence-electron chi connectivity index (χ2n) is 3.15. The summed E-state index contributed by atoms with van der Waals surface area (Å²) in [5.41, 5.74) is 1.01. The van der Waals surface area contributed by atoms with Gasteiger partial charge in [-0.1, -0.05) is 43.1 Å². The number of halogens is 2. The van der Waals surface area contributed by atoms with Crippen LogP contribution in [0.3, 0.4) is 0 Å². The Hall–Kier alpha value is -0.240. The van der Waals surface area contributed by atoms with E-state index in [1.807, 2.05) is 18.2 Å². The Morgan fingerprint density at radius 1 is 1.21 bits per heavy atom. The molecule has 0 saturated heterocycles. The number of hydrogen-bond acceptors (Lipinski definition) is 1. The molecule has 1 rings (SSSR count). The van der Waals surface area contributed by atoms with E-state index in [4.69, 9.17) is 23.2 Å². The molecule has 0 amide bonds. The van der Waals surface area contributed by atoms with Crippen molar-refractivity contribution in [2.45, 2.75) is 26.3 Å². The van der Waals surface area contributed by atoms with Crippen molar-refractivity contribution >= 4 is 23.2 Å². The molecule has 1 aromatic rings. The molecule has 0 aliphatic carbocycles. The lowest BCUT2D eigenvalue weighted by molar-refractivity contribution is 0.538. The minimum absolute atomic E-state index is 0.251. The van der Waals surface area contributed by atoms with E-state index < -0.39 is 0 Å². The van der Waals surface area contributed by atoms with Crippen LogP contribution in [0.4, 0.5) is 0 Å². The minimum Gasteiger partial charge on any atom is -0.310 e. The molecule has 0 bridgehead atoms. The molecule has 0 fully saturated rings. The van der Waals surface area contributed by atoms with Gasteiger partial charge in [0, 0.05) is 21.7 Å². The Kier molecular flexibility index (Phi) is 4.73. The van der Waals surface area contributed by atoms with Gasteiger partial charge in [-0.15, -0.1) is 0 Å². The van der Waals surface area contributed by atoms with E-state index in [2.05, 4.69) is 19.2 Å². The highest BCUT2D eigenvalue weighted by Gasteiger charge is 2.14. The van der Waals surface area contributed by atoms with Crippen molar-refractivity contribution in [3.05, 3.63) is 33.8 Å². The van der Waals surface area contributed by atoms with E-state index in [0.717, 1.165) is 28.6 Å². The van der Waals surface area contributed by atoms with Crippen molar-refractivity contribution in [3.8, 4) is 0 Å². The molecule has 1 aromatic carbocycles. The van der Waals surface area contributed by atoms with Crippen LogP contribution in [0.2, 0.25) is 10.0 Å². The van der Waals surface area contributed by atoms with Crippen LogP contribution >= 0.6 is 23.2 Å². The standard InChI is InChI=1S/C11H15Cl2N/c1-3-10(14-4-2)11-8(12)6-5-7-9(11)13/h5-7,10,14H,3-4H2,1-2H3. The summed E-state index contributed by atoms with van der Waals surface area (Å²) in [6.07, 6.45) is 0.983. The van der Waals surface area contributed by atoms with Gasteiger partial charge in [-0.3, -0.25) is 0 Å². The Morgan fingerprint density at radius 3 is 2.21 bits per heavy atom. The highest BCUT2D eigenvalue weighted by atomic mass is 35.5. The Morgan fingerprint density at radius 2 is 1.79 bits per heavy atom. The third-order valence-corrected chi connectivity index (χ3v) is 2.87. The van der Waals surface area contributed by atoms with Gasteiger partial charge in [0.2, 0.25) is 0 Å². The molecule has 1 atom stereocenters. The second-order valence-corrected chi connectivity index (χ2v) is 3.97. The maximum atomic E-state index is 6.11. The quantitative estimate of drug-likeness (QED) is 0.825. The molecule has 0 heterocycles. The van der Waals surface area contributed by atoms with Gasteiger partial charge in [-0.05, 0) is 25.1 Å². The molecule has 3 heteroatoms. The average Bonchev–Trinajstić information content (AvgIpc) is 2.16. The SMILES string of the molecule is CCNC(CC)c1c(Cl)cccc1Cl. The lowest BCUT2D eigenvalue weighted by Gasteiger charge is -2.18. The first-order valence-electron chi connectivity index (χ1n) is 4.88. The maximum absolute atomic E-state index is 6.11. The zero-order valence-electron chi connectivity index (χ0n) is 8.48. The smallest absolute Gasteiger partial charge is 0.0468 e. The van der Waals surface area contributed by atoms with E-state index >= 15 is 0 Å². The Labute approximate surface area is 95.4 Å². The lowest BCUT2D eigenvalue weighted by atomic mass is 10.0. The molecule has 78 valence electrons. The van der Waals surface area contributed by atoms with Crippen molar-refractivity contribution in [2.24, 2.45) is 0 Å². The molecule has 0 aliphatic heterocycles. The molecule has 1 nitrogen and oxygen atoms in total. The van der Waals surface area contributed by atoms with Crippen LogP contribution < -0.4 is 5.32 Å². The number of nitrogens with one attached hydrogen (secondary N) is 1. The van der Waals surface area contributed by atoms with Gasteiger partial charge in [-0.2, -0.15) is 0 Å². The number of hydrogen-bond donors (Lipinski definition) is 1. The maximum Gasteiger partial charge on any atom is 0.0468 e. The molecule has 0 spiro atoms. The lowest BCUT2D eigenvalue weighted by Crippen LogP contribution is -2.20. The van der Waals surface area contributed by atoms with Gasteiger partial charge in [0.1, 0.15) is 0 Å². The third-order valence-electron chi connectivity index (χ3n) is 2.21. The predicted molar refractivity (Wildman–Crippen MR) is 63.2 cm³/mol. The molecule has 0 saturated carbocycles. The normalized spacial score (nSPS) is 12.9. The summed E-state index contributed by atoms with van der Waals surface area (Å²) < 4.78 is 0. The molecular weight excluding hydrogens is 217 g/mol. The fourth-order valence-corrected chi connectivity index (χ4v) is 2.20. The summed E-state index contributed by atoms with van der Waals surface area (Å²) >= 11 is 12.2. The van der Waals surface area contributed by atoms with Crippen molar-refractivity contribution < 1.29 is 0 Å². The summed E-state index contributed by atoms with van der Waals surface area (Å²) in [6, 6.07) is 5.87. The molecule has 0 radical (unpaired) electrons. The zero-order chi connectivity index (χ0) is 10.6. The summed E-state index contributed by atoms with van der Waals surface area (Å²) in [4.78, 5) is 0. The van der Waals surface area contributed by atoms with E-state index in [-0.39, 0.29) is 6.04 Å². The monoisotopic (exact) mass is 231 g/mol. The van der Waals surface area contributed by atoms with Gasteiger partial charge in [0.05, 0.1) is 0 Å². The van der Waals surface area contributed by atoms with Crippen LogP contribution in [0.1, 0.15) is 31.9 Å². The first-order valence-corrected chi connectivity index (χ1v) is 5.63. The molecule has 0 aliphatic rings. The van der Waals surface area contributed by atoms with Crippen LogP contribution in [-0.2, 0) is 0 Å². The topological polar surface area (TPSA) is 12.0 Å². The van der Waals surface area contributed by atoms with Crippen LogP contribution in [-0.4, -0.2) is 6.54 Å². The van der Waals surface area contributed by atoms with Crippen molar-refractivity contribution in [1.82, 2.24) is 5.32 Å². The van der Waals surface area contributed by atoms with Gasteiger partial charge in [-0.25, -0.2) is 0 Å². The largest absolute Gasteiger partial charge is 0.310 e. The average molecular weight is 232 g/mol. The van der Waals surface area contributed by atoms with Crippen LogP contribution in [0.15, 0.2) is 18.2 Å². The minimum atomic E-state index is 0.251. The van der Waals surface area contributed by atoms with E-state index in [1.54, 1.807) is 0 Å². The highest BCUT2D eigenvalue weighted by molar-refractivity contribution is 6.36. The first kappa shape index (κ1) is 11.8. The highest BCUT2D eigenvalue weighted by Crippen LogP contribution is 2.31. The van der Waals surface area contributed by atoms with Crippen molar-refractivity contribution in [1.29, 1.82) is 0 Å². The first-order chi connectivity index (χ1) is 6.70. The van der Waals surface area contributed by atoms with E-state index in [0.29, 0.717) is 0 Å². The Balaban J connectivity index is 3.02. The fourth-order valence-electron chi connectivity index (χ4n) is 1.54. The van der Waals surface area contributed by atoms with Gasteiger partial charge in [0.15, 0.2) is 0 Å². The number of rotatable bonds is 4. The molecule has 1 N–H and O–H groups in total. The van der Waals surface area contributed by atoms with Crippen molar-refractivity contribution in [2.75, 3.05) is 6.54 Å². The number of benzene rings is 1. The van der Waals surface area contributed by atoms with E-state index in [1.165, 1.54) is 0 Å². The van der Waals surface area contributed by atoms with Gasteiger partial charge < -0.3 is 5.32 Å². The van der Waals surface area contributed by atoms with Crippen LogP contribution in [0.25, 0.3) is 0 Å². The fraction of sp³-hybridized carbons (Fsp3) is 0.455. The van der Waals surface area contributed by atoms with Crippen molar-refractivity contribution in [3.63, 3.8) is 0 Å². The predicted octanol–water partition coefficient (Wildman–Crippen LogP) is 4.05. The van der Waals surface area contributed by atoms with Crippen LogP contribution in [0.5, 0.6) is 0 Å². The summed E-state index contributed by atoms with van der Waals surface area (Å²) in [7, 11) is 0. The van der Waals surface area contributed by atoms with Crippen LogP contribution in [0, 0.1) is 0 Å². The molecule has 0 aromatic heterocycles. The van der Waals surface area contributed by atoms with Gasteiger partial charge in [0.25, 0.3) is 0 Å².